The van der Waals surface area contributed by atoms with Gasteiger partial charge >= 0.3 is 5.97 Å². The monoisotopic (exact) mass is 203 g/mol. The van der Waals surface area contributed by atoms with E-state index >= 15 is 0 Å². The Morgan fingerprint density at radius 2 is 2.20 bits per heavy atom. The summed E-state index contributed by atoms with van der Waals surface area (Å²) in [6.07, 6.45) is 3.83. The van der Waals surface area contributed by atoms with Gasteiger partial charge in [-0.3, -0.25) is 0 Å². The number of hydrogen-bond donors (Lipinski definition) is 0. The maximum atomic E-state index is 11.6. The highest BCUT2D eigenvalue weighted by Gasteiger charge is 2.11. The number of aromatic nitrogens is 1. The Hall–Kier alpha value is -1.77. The highest BCUT2D eigenvalue weighted by Crippen LogP contribution is 2.16. The van der Waals surface area contributed by atoms with Crippen LogP contribution in [0, 0.1) is 6.92 Å². The number of rotatable bonds is 2. The lowest BCUT2D eigenvalue weighted by Gasteiger charge is -2.07. The van der Waals surface area contributed by atoms with Gasteiger partial charge in [0.1, 0.15) is 0 Å². The van der Waals surface area contributed by atoms with Crippen LogP contribution in [-0.2, 0) is 4.74 Å². The maximum absolute atomic E-state index is 11.6. The zero-order chi connectivity index (χ0) is 10.8. The summed E-state index contributed by atoms with van der Waals surface area (Å²) < 4.78 is 6.97. The Labute approximate surface area is 88.3 Å². The molecule has 0 saturated heterocycles. The molecule has 78 valence electrons. The second kappa shape index (κ2) is 3.77. The number of carbonyl (C=O) groups is 1. The van der Waals surface area contributed by atoms with Gasteiger partial charge < -0.3 is 9.14 Å². The van der Waals surface area contributed by atoms with E-state index in [9.17, 15) is 4.79 Å². The summed E-state index contributed by atoms with van der Waals surface area (Å²) in [6, 6.07) is 5.73. The Morgan fingerprint density at radius 1 is 1.40 bits per heavy atom. The minimum Gasteiger partial charge on any atom is -0.462 e. The van der Waals surface area contributed by atoms with Gasteiger partial charge in [0, 0.05) is 17.9 Å². The van der Waals surface area contributed by atoms with Gasteiger partial charge in [0.15, 0.2) is 0 Å². The van der Waals surface area contributed by atoms with Crippen LogP contribution in [-0.4, -0.2) is 17.0 Å². The molecule has 0 aliphatic rings. The van der Waals surface area contributed by atoms with E-state index in [0.29, 0.717) is 12.2 Å². The van der Waals surface area contributed by atoms with Gasteiger partial charge in [-0.15, -0.1) is 0 Å². The van der Waals surface area contributed by atoms with E-state index in [1.807, 2.05) is 42.8 Å². The quantitative estimate of drug-likeness (QED) is 0.702. The fourth-order valence-electron chi connectivity index (χ4n) is 1.69. The van der Waals surface area contributed by atoms with Crippen LogP contribution in [0.4, 0.5) is 0 Å². The van der Waals surface area contributed by atoms with Crippen LogP contribution >= 0.6 is 0 Å². The molecule has 0 aliphatic carbocycles. The first-order valence-corrected chi connectivity index (χ1v) is 4.97. The molecule has 0 aliphatic heterocycles. The first-order valence-electron chi connectivity index (χ1n) is 4.97. The number of ether oxygens (including phenoxy) is 1. The van der Waals surface area contributed by atoms with E-state index in [0.717, 1.165) is 11.1 Å². The second-order valence-electron chi connectivity index (χ2n) is 3.38. The lowest BCUT2D eigenvalue weighted by atomic mass is 10.1. The first kappa shape index (κ1) is 9.77. The molecule has 3 nitrogen and oxygen atoms in total. The second-order valence-corrected chi connectivity index (χ2v) is 3.38. The van der Waals surface area contributed by atoms with Crippen molar-refractivity contribution in [3.8, 4) is 0 Å². The topological polar surface area (TPSA) is 30.7 Å². The van der Waals surface area contributed by atoms with E-state index in [2.05, 4.69) is 0 Å². The van der Waals surface area contributed by atoms with Crippen molar-refractivity contribution >= 4 is 11.5 Å². The van der Waals surface area contributed by atoms with Crippen molar-refractivity contribution in [3.63, 3.8) is 0 Å². The molecule has 0 amide bonds. The van der Waals surface area contributed by atoms with Gasteiger partial charge in [0.05, 0.1) is 12.2 Å². The molecule has 2 aromatic rings. The SMILES string of the molecule is CCOC(=O)c1ccn2cccc2c1C. The lowest BCUT2D eigenvalue weighted by molar-refractivity contribution is 0.0525. The summed E-state index contributed by atoms with van der Waals surface area (Å²) >= 11 is 0. The summed E-state index contributed by atoms with van der Waals surface area (Å²) in [6.45, 7) is 4.15. The van der Waals surface area contributed by atoms with E-state index in [-0.39, 0.29) is 5.97 Å². The van der Waals surface area contributed by atoms with Gasteiger partial charge in [-0.05, 0) is 37.6 Å². The van der Waals surface area contributed by atoms with Crippen molar-refractivity contribution in [2.45, 2.75) is 13.8 Å². The number of hydrogen-bond acceptors (Lipinski definition) is 2. The van der Waals surface area contributed by atoms with Gasteiger partial charge in [-0.1, -0.05) is 0 Å². The van der Waals surface area contributed by atoms with Crippen LogP contribution in [0.1, 0.15) is 22.8 Å². The Kier molecular flexibility index (Phi) is 2.46. The van der Waals surface area contributed by atoms with Crippen molar-refractivity contribution in [1.82, 2.24) is 4.40 Å². The molecule has 0 radical (unpaired) electrons. The molecule has 0 aromatic carbocycles. The summed E-state index contributed by atoms with van der Waals surface area (Å²) in [7, 11) is 0. The van der Waals surface area contributed by atoms with Crippen molar-refractivity contribution in [2.75, 3.05) is 6.61 Å². The number of aryl methyl sites for hydroxylation is 1. The molecular formula is C12H13NO2. The average molecular weight is 203 g/mol. The van der Waals surface area contributed by atoms with Gasteiger partial charge in [0.25, 0.3) is 0 Å². The normalized spacial score (nSPS) is 10.5. The zero-order valence-corrected chi connectivity index (χ0v) is 8.86. The van der Waals surface area contributed by atoms with Crippen LogP contribution in [0.3, 0.4) is 0 Å². The minimum atomic E-state index is -0.251. The van der Waals surface area contributed by atoms with Crippen LogP contribution in [0.15, 0.2) is 30.6 Å². The third kappa shape index (κ3) is 1.61. The number of esters is 1. The van der Waals surface area contributed by atoms with E-state index < -0.39 is 0 Å². The summed E-state index contributed by atoms with van der Waals surface area (Å²) in [5.41, 5.74) is 2.64. The molecule has 15 heavy (non-hydrogen) atoms. The smallest absolute Gasteiger partial charge is 0.338 e. The average Bonchev–Trinajstić information content (AvgIpc) is 2.67. The minimum absolute atomic E-state index is 0.251. The van der Waals surface area contributed by atoms with Gasteiger partial charge in [-0.2, -0.15) is 0 Å². The molecule has 0 saturated carbocycles. The number of fused-ring (bicyclic) bond motifs is 1. The largest absolute Gasteiger partial charge is 0.462 e. The standard InChI is InChI=1S/C12H13NO2/c1-3-15-12(14)10-6-8-13-7-4-5-11(13)9(10)2/h4-8H,3H2,1-2H3. The molecule has 0 N–H and O–H groups in total. The summed E-state index contributed by atoms with van der Waals surface area (Å²) in [4.78, 5) is 11.6. The maximum Gasteiger partial charge on any atom is 0.338 e. The van der Waals surface area contributed by atoms with E-state index in [1.54, 1.807) is 6.07 Å². The molecule has 0 unspecified atom stereocenters. The van der Waals surface area contributed by atoms with E-state index in [1.165, 1.54) is 0 Å². The van der Waals surface area contributed by atoms with Crippen molar-refractivity contribution in [3.05, 3.63) is 41.7 Å². The molecule has 0 spiro atoms. The predicted octanol–water partition coefficient (Wildman–Crippen LogP) is 2.42. The van der Waals surface area contributed by atoms with Gasteiger partial charge in [0.2, 0.25) is 0 Å². The van der Waals surface area contributed by atoms with Crippen LogP contribution in [0.2, 0.25) is 0 Å². The molecule has 2 heterocycles. The number of carbonyl (C=O) groups excluding carboxylic acids is 1. The van der Waals surface area contributed by atoms with Crippen molar-refractivity contribution in [1.29, 1.82) is 0 Å². The van der Waals surface area contributed by atoms with E-state index in [4.69, 9.17) is 4.74 Å². The Morgan fingerprint density at radius 3 is 2.93 bits per heavy atom. The fourth-order valence-corrected chi connectivity index (χ4v) is 1.69. The Balaban J connectivity index is 2.52. The molecular weight excluding hydrogens is 190 g/mol. The highest BCUT2D eigenvalue weighted by atomic mass is 16.5. The van der Waals surface area contributed by atoms with Crippen molar-refractivity contribution in [2.24, 2.45) is 0 Å². The molecule has 2 aromatic heterocycles. The number of pyridine rings is 1. The number of nitrogens with zero attached hydrogens (tertiary/aromatic N) is 1. The molecule has 0 bridgehead atoms. The fraction of sp³-hybridized carbons (Fsp3) is 0.250. The van der Waals surface area contributed by atoms with Crippen molar-refractivity contribution < 1.29 is 9.53 Å². The highest BCUT2D eigenvalue weighted by molar-refractivity contribution is 5.93. The summed E-state index contributed by atoms with van der Waals surface area (Å²) in [5.74, 6) is -0.251. The van der Waals surface area contributed by atoms with Gasteiger partial charge in [-0.25, -0.2) is 4.79 Å². The molecule has 0 atom stereocenters. The van der Waals surface area contributed by atoms with Crippen LogP contribution < -0.4 is 0 Å². The predicted molar refractivity (Wildman–Crippen MR) is 58.1 cm³/mol. The zero-order valence-electron chi connectivity index (χ0n) is 8.86. The third-order valence-corrected chi connectivity index (χ3v) is 2.46. The molecule has 0 fully saturated rings. The third-order valence-electron chi connectivity index (χ3n) is 2.46. The Bertz CT molecular complexity index is 499. The molecule has 2 rings (SSSR count). The van der Waals surface area contributed by atoms with Crippen LogP contribution in [0.25, 0.3) is 5.52 Å². The summed E-state index contributed by atoms with van der Waals surface area (Å²) in [5, 5.41) is 0. The first-order chi connectivity index (χ1) is 7.24. The molecule has 3 heteroatoms. The lowest BCUT2D eigenvalue weighted by Crippen LogP contribution is -2.07. The van der Waals surface area contributed by atoms with Crippen LogP contribution in [0.5, 0.6) is 0 Å².